The minimum atomic E-state index is 0.902. The Morgan fingerprint density at radius 2 is 0.705 bits per heavy atom. The molecule has 0 spiro atoms. The largest absolute Gasteiger partial charge is 0.456 e. The summed E-state index contributed by atoms with van der Waals surface area (Å²) in [6.07, 6.45) is 0. The zero-order valence-electron chi connectivity index (χ0n) is 33.0. The molecule has 14 rings (SSSR count). The van der Waals surface area contributed by atoms with Gasteiger partial charge in [-0.1, -0.05) is 182 Å². The molecular weight excluding hydrogens is 737 g/mol. The number of rotatable bonds is 4. The molecule has 0 fully saturated rings. The summed E-state index contributed by atoms with van der Waals surface area (Å²) in [5, 5.41) is 20.3. The van der Waals surface area contributed by atoms with Crippen molar-refractivity contribution >= 4 is 97.3 Å². The molecule has 0 aliphatic heterocycles. The molecular formula is C60H34O. The highest BCUT2D eigenvalue weighted by Gasteiger charge is 2.21. The van der Waals surface area contributed by atoms with E-state index in [1.165, 1.54) is 120 Å². The van der Waals surface area contributed by atoms with E-state index in [2.05, 4.69) is 200 Å². The first-order chi connectivity index (χ1) is 30.2. The Morgan fingerprint density at radius 3 is 1.36 bits per heavy atom. The van der Waals surface area contributed by atoms with Crippen LogP contribution >= 0.6 is 0 Å². The number of fused-ring (bicyclic) bond motifs is 4. The van der Waals surface area contributed by atoms with Crippen LogP contribution in [-0.2, 0) is 0 Å². The monoisotopic (exact) mass is 770 g/mol. The summed E-state index contributed by atoms with van der Waals surface area (Å²) in [6.45, 7) is 0. The van der Waals surface area contributed by atoms with Crippen molar-refractivity contribution in [1.82, 2.24) is 0 Å². The van der Waals surface area contributed by atoms with Crippen molar-refractivity contribution in [3.05, 3.63) is 206 Å². The molecule has 0 bridgehead atoms. The van der Waals surface area contributed by atoms with Gasteiger partial charge in [-0.25, -0.2) is 0 Å². The lowest BCUT2D eigenvalue weighted by Gasteiger charge is -2.20. The van der Waals surface area contributed by atoms with Gasteiger partial charge in [0, 0.05) is 10.8 Å². The quantitative estimate of drug-likeness (QED) is 0.162. The second-order valence-corrected chi connectivity index (χ2v) is 16.7. The summed E-state index contributed by atoms with van der Waals surface area (Å²) in [5.41, 5.74) is 11.5. The first kappa shape index (κ1) is 32.9. The number of hydrogen-bond acceptors (Lipinski definition) is 1. The molecule has 0 unspecified atom stereocenters. The Bertz CT molecular complexity index is 4060. The summed E-state index contributed by atoms with van der Waals surface area (Å²) in [6, 6.07) is 76.6. The molecule has 0 aliphatic carbocycles. The lowest BCUT2D eigenvalue weighted by Crippen LogP contribution is -1.93. The Balaban J connectivity index is 1.03. The van der Waals surface area contributed by atoms with E-state index in [0.717, 1.165) is 21.9 Å². The molecule has 1 nitrogen and oxygen atoms in total. The summed E-state index contributed by atoms with van der Waals surface area (Å²) >= 11 is 0. The van der Waals surface area contributed by atoms with Crippen LogP contribution in [0.1, 0.15) is 0 Å². The maximum atomic E-state index is 6.34. The Kier molecular flexibility index (Phi) is 6.62. The molecule has 0 atom stereocenters. The predicted octanol–water partition coefficient (Wildman–Crippen LogP) is 17.2. The molecule has 0 saturated carbocycles. The molecule has 0 saturated heterocycles. The number of para-hydroxylation sites is 1. The zero-order valence-corrected chi connectivity index (χ0v) is 33.0. The fourth-order valence-corrected chi connectivity index (χ4v) is 10.8. The van der Waals surface area contributed by atoms with E-state index < -0.39 is 0 Å². The van der Waals surface area contributed by atoms with Gasteiger partial charge in [0.25, 0.3) is 0 Å². The van der Waals surface area contributed by atoms with Crippen molar-refractivity contribution in [2.24, 2.45) is 0 Å². The van der Waals surface area contributed by atoms with Gasteiger partial charge in [0.1, 0.15) is 11.2 Å². The molecule has 14 aromatic rings. The third-order valence-electron chi connectivity index (χ3n) is 13.6. The molecule has 0 amide bonds. The summed E-state index contributed by atoms with van der Waals surface area (Å²) in [5.74, 6) is 0. The summed E-state index contributed by atoms with van der Waals surface area (Å²) in [4.78, 5) is 0. The lowest BCUT2D eigenvalue weighted by atomic mass is 9.83. The van der Waals surface area contributed by atoms with Crippen LogP contribution < -0.4 is 0 Å². The van der Waals surface area contributed by atoms with E-state index >= 15 is 0 Å². The van der Waals surface area contributed by atoms with Crippen LogP contribution in [0.2, 0.25) is 0 Å². The van der Waals surface area contributed by atoms with Gasteiger partial charge in [0.2, 0.25) is 0 Å². The lowest BCUT2D eigenvalue weighted by molar-refractivity contribution is 0.669. The molecule has 0 radical (unpaired) electrons. The van der Waals surface area contributed by atoms with Crippen molar-refractivity contribution in [3.8, 4) is 44.5 Å². The van der Waals surface area contributed by atoms with Crippen molar-refractivity contribution in [1.29, 1.82) is 0 Å². The number of furan rings is 1. The molecule has 13 aromatic carbocycles. The molecule has 1 heteroatoms. The Labute approximate surface area is 351 Å². The first-order valence-corrected chi connectivity index (χ1v) is 21.2. The van der Waals surface area contributed by atoms with E-state index in [-0.39, 0.29) is 0 Å². The van der Waals surface area contributed by atoms with Crippen molar-refractivity contribution in [2.45, 2.75) is 0 Å². The van der Waals surface area contributed by atoms with Gasteiger partial charge in [-0.3, -0.25) is 0 Å². The van der Waals surface area contributed by atoms with E-state index in [1.54, 1.807) is 0 Å². The van der Waals surface area contributed by atoms with Crippen LogP contribution in [0, 0.1) is 0 Å². The molecule has 1 aromatic heterocycles. The molecule has 61 heavy (non-hydrogen) atoms. The smallest absolute Gasteiger partial charge is 0.135 e. The van der Waals surface area contributed by atoms with E-state index in [1.807, 2.05) is 6.07 Å². The normalized spacial score (nSPS) is 12.3. The highest BCUT2D eigenvalue weighted by atomic mass is 16.3. The molecule has 1 heterocycles. The van der Waals surface area contributed by atoms with E-state index in [0.29, 0.717) is 0 Å². The van der Waals surface area contributed by atoms with Crippen LogP contribution in [0.5, 0.6) is 0 Å². The minimum absolute atomic E-state index is 0.902. The molecule has 0 N–H and O–H groups in total. The zero-order chi connectivity index (χ0) is 39.8. The fraction of sp³-hybridized carbons (Fsp3) is 0. The van der Waals surface area contributed by atoms with Crippen LogP contribution in [0.15, 0.2) is 211 Å². The van der Waals surface area contributed by atoms with Crippen molar-refractivity contribution in [3.63, 3.8) is 0 Å². The SMILES string of the molecule is c1cc2ccc3ccc(-c4ccc(-c5cc(-c6ccc7ccc8cccc9ccc6c7c89)c6ccccc6c5-c5ccc6oc7ccccc7c6c5)cc4)c4ccc(c1)c2c34. The second kappa shape index (κ2) is 12.3. The van der Waals surface area contributed by atoms with Gasteiger partial charge >= 0.3 is 0 Å². The predicted molar refractivity (Wildman–Crippen MR) is 260 cm³/mol. The fourth-order valence-electron chi connectivity index (χ4n) is 10.8. The third-order valence-corrected chi connectivity index (χ3v) is 13.6. The average molecular weight is 771 g/mol. The topological polar surface area (TPSA) is 13.1 Å². The molecule has 0 aliphatic rings. The Hall–Kier alpha value is -8.00. The number of hydrogen-bond donors (Lipinski definition) is 0. The van der Waals surface area contributed by atoms with Gasteiger partial charge in [0.05, 0.1) is 0 Å². The number of benzene rings is 13. The van der Waals surface area contributed by atoms with Gasteiger partial charge in [-0.15, -0.1) is 0 Å². The van der Waals surface area contributed by atoms with Crippen LogP contribution in [-0.4, -0.2) is 0 Å². The Morgan fingerprint density at radius 1 is 0.230 bits per heavy atom. The maximum Gasteiger partial charge on any atom is 0.135 e. The van der Waals surface area contributed by atoms with Gasteiger partial charge in [-0.2, -0.15) is 0 Å². The van der Waals surface area contributed by atoms with Gasteiger partial charge < -0.3 is 4.42 Å². The van der Waals surface area contributed by atoms with Crippen LogP contribution in [0.4, 0.5) is 0 Å². The summed E-state index contributed by atoms with van der Waals surface area (Å²) in [7, 11) is 0. The maximum absolute atomic E-state index is 6.34. The third kappa shape index (κ3) is 4.66. The van der Waals surface area contributed by atoms with E-state index in [9.17, 15) is 0 Å². The van der Waals surface area contributed by atoms with E-state index in [4.69, 9.17) is 4.42 Å². The molecule has 280 valence electrons. The van der Waals surface area contributed by atoms with Gasteiger partial charge in [-0.05, 0) is 144 Å². The average Bonchev–Trinajstić information content (AvgIpc) is 3.70. The van der Waals surface area contributed by atoms with Gasteiger partial charge in [0.15, 0.2) is 0 Å². The first-order valence-electron chi connectivity index (χ1n) is 21.2. The van der Waals surface area contributed by atoms with Crippen molar-refractivity contribution in [2.75, 3.05) is 0 Å². The van der Waals surface area contributed by atoms with Crippen LogP contribution in [0.25, 0.3) is 142 Å². The van der Waals surface area contributed by atoms with Crippen molar-refractivity contribution < 1.29 is 4.42 Å². The highest BCUT2D eigenvalue weighted by Crippen LogP contribution is 2.48. The van der Waals surface area contributed by atoms with Crippen LogP contribution in [0.3, 0.4) is 0 Å². The highest BCUT2D eigenvalue weighted by molar-refractivity contribution is 6.28. The minimum Gasteiger partial charge on any atom is -0.456 e. The summed E-state index contributed by atoms with van der Waals surface area (Å²) < 4.78 is 6.34. The standard InChI is InChI=1S/C60H34O/c1-2-13-48-45(11-1)52(46-29-24-42-22-20-38-8-6-10-40-26-31-50(46)60(42)57(38)40)34-51(58(48)43-27-32-55-53(33-43)47-12-3-4-14-54(47)61-55)36-17-15-35(16-18-36)44-28-23-41-21-19-37-7-5-9-39-25-30-49(44)59(41)56(37)39/h1-34H. The second-order valence-electron chi connectivity index (χ2n) is 16.7.